The lowest BCUT2D eigenvalue weighted by Gasteiger charge is -1.82. The maximum Gasteiger partial charge on any atom is 0.205 e. The van der Waals surface area contributed by atoms with Crippen LogP contribution in [0.4, 0.5) is 0 Å². The fraction of sp³-hybridized carbons (Fsp3) is 0. The molecule has 16 heteroatoms. The van der Waals surface area contributed by atoms with Crippen molar-refractivity contribution in [1.29, 1.82) is 0 Å². The smallest absolute Gasteiger partial charge is 0.205 e. The van der Waals surface area contributed by atoms with Crippen LogP contribution in [0.15, 0.2) is 97.2 Å². The number of rotatable bonds is 7. The van der Waals surface area contributed by atoms with Crippen LogP contribution in [0.2, 0.25) is 0 Å². The molecule has 0 aromatic carbocycles. The minimum atomic E-state index is 0.334. The first-order chi connectivity index (χ1) is 19.8. The van der Waals surface area contributed by atoms with Crippen molar-refractivity contribution in [3.8, 4) is 80.1 Å². The molecular weight excluding hydrogens is 528 g/mol. The van der Waals surface area contributed by atoms with Gasteiger partial charge in [0.1, 0.15) is 46.7 Å². The van der Waals surface area contributed by atoms with Crippen LogP contribution in [0.1, 0.15) is 0 Å². The minimum Gasteiger partial charge on any atom is -0.364 e. The van der Waals surface area contributed by atoms with Crippen molar-refractivity contribution in [2.45, 2.75) is 0 Å². The summed E-state index contributed by atoms with van der Waals surface area (Å²) in [4.78, 5) is 0. The summed E-state index contributed by atoms with van der Waals surface area (Å²) in [5, 5.41) is 31.7. The van der Waals surface area contributed by atoms with Gasteiger partial charge in [0.05, 0.1) is 0 Å². The zero-order chi connectivity index (χ0) is 26.5. The molecule has 0 unspecified atom stereocenters. The molecular formula is C24H10N8O8. The van der Waals surface area contributed by atoms with Gasteiger partial charge in [-0.3, -0.25) is 0 Å². The van der Waals surface area contributed by atoms with Gasteiger partial charge in [-0.25, -0.2) is 0 Å². The van der Waals surface area contributed by atoms with Crippen LogP contribution >= 0.6 is 0 Å². The van der Waals surface area contributed by atoms with Crippen molar-refractivity contribution < 1.29 is 36.2 Å². The highest BCUT2D eigenvalue weighted by atomic mass is 16.5. The third kappa shape index (κ3) is 3.71. The van der Waals surface area contributed by atoms with Gasteiger partial charge in [0.15, 0.2) is 22.9 Å². The van der Waals surface area contributed by atoms with Crippen LogP contribution in [-0.4, -0.2) is 41.3 Å². The Morgan fingerprint density at radius 1 is 0.300 bits per heavy atom. The molecule has 0 aliphatic carbocycles. The minimum absolute atomic E-state index is 0.334. The summed E-state index contributed by atoms with van der Waals surface area (Å²) in [5.41, 5.74) is 3.60. The number of hydrogen-bond donors (Lipinski definition) is 0. The van der Waals surface area contributed by atoms with E-state index in [0.29, 0.717) is 80.1 Å². The highest BCUT2D eigenvalue weighted by Crippen LogP contribution is 2.33. The van der Waals surface area contributed by atoms with E-state index in [0.717, 1.165) is 0 Å². The van der Waals surface area contributed by atoms with E-state index in [-0.39, 0.29) is 0 Å². The van der Waals surface area contributed by atoms with Crippen molar-refractivity contribution in [3.63, 3.8) is 0 Å². The van der Waals surface area contributed by atoms with E-state index in [1.807, 2.05) is 0 Å². The maximum absolute atomic E-state index is 5.44. The average molecular weight is 538 g/mol. The van der Waals surface area contributed by atoms with Gasteiger partial charge < -0.3 is 36.2 Å². The molecule has 0 aliphatic rings. The van der Waals surface area contributed by atoms with E-state index in [2.05, 4.69) is 41.3 Å². The SMILES string of the molecule is c1cc(-c2cc(-c3cc(-c4cc(-c5cc(-c6cc(-c7cc(-c8ccon8)no7)on6)on5)no4)no3)on2)no1. The van der Waals surface area contributed by atoms with E-state index in [1.165, 1.54) is 12.5 Å². The molecule has 0 aliphatic heterocycles. The Bertz CT molecular complexity index is 1890. The molecule has 16 nitrogen and oxygen atoms in total. The summed E-state index contributed by atoms with van der Waals surface area (Å²) in [5.74, 6) is 2.04. The zero-order valence-electron chi connectivity index (χ0n) is 19.6. The Morgan fingerprint density at radius 3 is 0.975 bits per heavy atom. The molecule has 0 saturated heterocycles. The van der Waals surface area contributed by atoms with Crippen LogP contribution < -0.4 is 0 Å². The van der Waals surface area contributed by atoms with E-state index in [9.17, 15) is 0 Å². The van der Waals surface area contributed by atoms with E-state index in [1.54, 1.807) is 48.5 Å². The van der Waals surface area contributed by atoms with E-state index in [4.69, 9.17) is 36.2 Å². The normalized spacial score (nSPS) is 11.5. The molecule has 0 bridgehead atoms. The van der Waals surface area contributed by atoms with Crippen molar-refractivity contribution >= 4 is 0 Å². The van der Waals surface area contributed by atoms with Gasteiger partial charge in [0.25, 0.3) is 0 Å². The fourth-order valence-corrected chi connectivity index (χ4v) is 3.76. The van der Waals surface area contributed by atoms with Crippen LogP contribution in [-0.2, 0) is 0 Å². The van der Waals surface area contributed by atoms with Gasteiger partial charge in [0.2, 0.25) is 23.0 Å². The molecule has 0 spiro atoms. The zero-order valence-corrected chi connectivity index (χ0v) is 19.6. The molecule has 194 valence electrons. The molecule has 0 atom stereocenters. The molecule has 0 radical (unpaired) electrons. The maximum atomic E-state index is 5.44. The van der Waals surface area contributed by atoms with Gasteiger partial charge in [-0.15, -0.1) is 0 Å². The second-order valence-electron chi connectivity index (χ2n) is 8.23. The fourth-order valence-electron chi connectivity index (χ4n) is 3.76. The lowest BCUT2D eigenvalue weighted by Crippen LogP contribution is -1.74. The molecule has 40 heavy (non-hydrogen) atoms. The summed E-state index contributed by atoms with van der Waals surface area (Å²) in [6.45, 7) is 0. The van der Waals surface area contributed by atoms with Crippen LogP contribution in [0, 0.1) is 0 Å². The second kappa shape index (κ2) is 8.62. The Hall–Kier alpha value is -6.32. The molecule has 0 saturated carbocycles. The van der Waals surface area contributed by atoms with Crippen molar-refractivity contribution in [2.75, 3.05) is 0 Å². The first kappa shape index (κ1) is 21.7. The number of hydrogen-bond acceptors (Lipinski definition) is 16. The topological polar surface area (TPSA) is 208 Å². The summed E-state index contributed by atoms with van der Waals surface area (Å²) in [6.07, 6.45) is 2.88. The molecule has 8 aromatic rings. The van der Waals surface area contributed by atoms with Crippen molar-refractivity contribution in [1.82, 2.24) is 41.3 Å². The molecule has 8 aromatic heterocycles. The standard InChI is InChI=1S/C24H10N8O8/c1-3-33-25-11(1)13-7-21(37-27-13)23-9-17(31-39-23)19-5-15(29-35-19)16-6-20(36-30-16)18-10-24(40-32-18)22-8-14(28-38-22)12-2-4-34-26-12/h1-10H. The monoisotopic (exact) mass is 538 g/mol. The highest BCUT2D eigenvalue weighted by molar-refractivity contribution is 5.70. The lowest BCUT2D eigenvalue weighted by atomic mass is 10.2. The van der Waals surface area contributed by atoms with Gasteiger partial charge >= 0.3 is 0 Å². The van der Waals surface area contributed by atoms with Crippen molar-refractivity contribution in [2.24, 2.45) is 0 Å². The van der Waals surface area contributed by atoms with Gasteiger partial charge in [-0.05, 0) is 0 Å². The first-order valence-corrected chi connectivity index (χ1v) is 11.4. The molecule has 0 fully saturated rings. The van der Waals surface area contributed by atoms with Crippen LogP contribution in [0.25, 0.3) is 80.1 Å². The quantitative estimate of drug-likeness (QED) is 0.253. The van der Waals surface area contributed by atoms with E-state index >= 15 is 0 Å². The second-order valence-corrected chi connectivity index (χ2v) is 8.23. The Balaban J connectivity index is 1.00. The molecule has 0 N–H and O–H groups in total. The summed E-state index contributed by atoms with van der Waals surface area (Å²) in [6, 6.07) is 13.1. The molecule has 8 heterocycles. The molecule has 8 rings (SSSR count). The predicted molar refractivity (Wildman–Crippen MR) is 125 cm³/mol. The third-order valence-electron chi connectivity index (χ3n) is 5.71. The number of aromatic nitrogens is 8. The predicted octanol–water partition coefficient (Wildman–Crippen LogP) is 5.26. The Kier molecular flexibility index (Phi) is 4.68. The van der Waals surface area contributed by atoms with Gasteiger partial charge in [0, 0.05) is 48.5 Å². The van der Waals surface area contributed by atoms with Crippen molar-refractivity contribution in [3.05, 3.63) is 61.1 Å². The summed E-state index contributed by atoms with van der Waals surface area (Å²) in [7, 11) is 0. The Labute approximate surface area is 219 Å². The number of nitrogens with zero attached hydrogens (tertiary/aromatic N) is 8. The van der Waals surface area contributed by atoms with E-state index < -0.39 is 0 Å². The molecule has 0 amide bonds. The van der Waals surface area contributed by atoms with Gasteiger partial charge in [-0.1, -0.05) is 41.3 Å². The van der Waals surface area contributed by atoms with Crippen LogP contribution in [0.3, 0.4) is 0 Å². The summed E-state index contributed by atoms with van der Waals surface area (Å²) >= 11 is 0. The Morgan fingerprint density at radius 2 is 0.600 bits per heavy atom. The summed E-state index contributed by atoms with van der Waals surface area (Å²) < 4.78 is 42.0. The lowest BCUT2D eigenvalue weighted by molar-refractivity contribution is 0.384. The highest BCUT2D eigenvalue weighted by Gasteiger charge is 2.21. The first-order valence-electron chi connectivity index (χ1n) is 11.4. The largest absolute Gasteiger partial charge is 0.364 e. The van der Waals surface area contributed by atoms with Gasteiger partial charge in [-0.2, -0.15) is 0 Å². The van der Waals surface area contributed by atoms with Crippen LogP contribution in [0.5, 0.6) is 0 Å². The average Bonchev–Trinajstić information content (AvgIpc) is 3.84. The third-order valence-corrected chi connectivity index (χ3v) is 5.71.